The fourth-order valence-electron chi connectivity index (χ4n) is 2.94. The summed E-state index contributed by atoms with van der Waals surface area (Å²) < 4.78 is 0. The number of carbonyl (C=O) groups excluding carboxylic acids is 3. The van der Waals surface area contributed by atoms with Crippen LogP contribution in [0.15, 0.2) is 42.5 Å². The molecule has 1 atom stereocenters. The SMILES string of the molecule is C[C@]1(c2ccccc2Cl)NC(=O)N(CC(=O)Nc2cc(Cl)ccc2C#N)C1=O. The van der Waals surface area contributed by atoms with Crippen LogP contribution in [0.2, 0.25) is 10.0 Å². The zero-order valence-electron chi connectivity index (χ0n) is 14.6. The standard InChI is InChI=1S/C19H14Cl2N4O3/c1-19(13-4-2-3-5-14(13)21)17(27)25(18(28)24-19)10-16(26)23-15-8-12(20)7-6-11(15)9-22/h2-8H,10H2,1H3,(H,23,26)(H,24,28)/t19-/m1/s1. The molecule has 0 bridgehead atoms. The topological polar surface area (TPSA) is 102 Å². The lowest BCUT2D eigenvalue weighted by Gasteiger charge is -2.23. The lowest BCUT2D eigenvalue weighted by molar-refractivity contribution is -0.133. The van der Waals surface area contributed by atoms with Crippen molar-refractivity contribution in [1.82, 2.24) is 10.2 Å². The summed E-state index contributed by atoms with van der Waals surface area (Å²) in [6.07, 6.45) is 0. The Labute approximate surface area is 170 Å². The summed E-state index contributed by atoms with van der Waals surface area (Å²) in [5, 5.41) is 14.9. The number of nitrogens with one attached hydrogen (secondary N) is 2. The lowest BCUT2D eigenvalue weighted by atomic mass is 9.92. The summed E-state index contributed by atoms with van der Waals surface area (Å²) in [6, 6.07) is 12.3. The highest BCUT2D eigenvalue weighted by atomic mass is 35.5. The molecule has 0 saturated carbocycles. The highest BCUT2D eigenvalue weighted by Gasteiger charge is 2.50. The van der Waals surface area contributed by atoms with Crippen LogP contribution in [0.1, 0.15) is 18.1 Å². The number of halogens is 2. The molecule has 2 aromatic carbocycles. The molecule has 1 saturated heterocycles. The van der Waals surface area contributed by atoms with E-state index in [1.807, 2.05) is 6.07 Å². The number of hydrogen-bond donors (Lipinski definition) is 2. The molecule has 1 aliphatic rings. The fraction of sp³-hybridized carbons (Fsp3) is 0.158. The van der Waals surface area contributed by atoms with E-state index in [0.29, 0.717) is 15.6 Å². The maximum atomic E-state index is 12.9. The molecule has 0 aliphatic carbocycles. The van der Waals surface area contributed by atoms with E-state index in [2.05, 4.69) is 10.6 Å². The summed E-state index contributed by atoms with van der Waals surface area (Å²) in [4.78, 5) is 38.4. The van der Waals surface area contributed by atoms with Crippen molar-refractivity contribution in [3.63, 3.8) is 0 Å². The highest BCUT2D eigenvalue weighted by Crippen LogP contribution is 2.33. The fourth-order valence-corrected chi connectivity index (χ4v) is 3.44. The molecule has 1 heterocycles. The number of hydrogen-bond acceptors (Lipinski definition) is 4. The number of benzene rings is 2. The van der Waals surface area contributed by atoms with Crippen molar-refractivity contribution in [1.29, 1.82) is 5.26 Å². The molecule has 0 radical (unpaired) electrons. The zero-order chi connectivity index (χ0) is 20.5. The van der Waals surface area contributed by atoms with E-state index in [4.69, 9.17) is 28.5 Å². The van der Waals surface area contributed by atoms with Crippen LogP contribution in [-0.4, -0.2) is 29.3 Å². The first-order valence-corrected chi connectivity index (χ1v) is 8.90. The van der Waals surface area contributed by atoms with Gasteiger partial charge in [-0.1, -0.05) is 41.4 Å². The normalized spacial score (nSPS) is 18.6. The van der Waals surface area contributed by atoms with Crippen LogP contribution in [0.25, 0.3) is 0 Å². The van der Waals surface area contributed by atoms with Crippen LogP contribution in [0, 0.1) is 11.3 Å². The molecular formula is C19H14Cl2N4O3. The van der Waals surface area contributed by atoms with E-state index in [1.165, 1.54) is 25.1 Å². The van der Waals surface area contributed by atoms with Gasteiger partial charge in [0.1, 0.15) is 18.2 Å². The number of urea groups is 1. The Morgan fingerprint density at radius 1 is 1.25 bits per heavy atom. The average molecular weight is 417 g/mol. The van der Waals surface area contributed by atoms with Crippen molar-refractivity contribution in [2.75, 3.05) is 11.9 Å². The number of anilines is 1. The quantitative estimate of drug-likeness (QED) is 0.746. The molecule has 3 rings (SSSR count). The summed E-state index contributed by atoms with van der Waals surface area (Å²) in [7, 11) is 0. The van der Waals surface area contributed by atoms with Gasteiger partial charge in [0, 0.05) is 15.6 Å². The second-order valence-corrected chi connectivity index (χ2v) is 7.12. The van der Waals surface area contributed by atoms with Crippen molar-refractivity contribution in [3.8, 4) is 6.07 Å². The second kappa shape index (κ2) is 7.50. The van der Waals surface area contributed by atoms with Crippen LogP contribution in [0.4, 0.5) is 10.5 Å². The molecule has 1 aliphatic heterocycles. The van der Waals surface area contributed by atoms with Gasteiger partial charge in [0.2, 0.25) is 5.91 Å². The molecule has 28 heavy (non-hydrogen) atoms. The van der Waals surface area contributed by atoms with Crippen molar-refractivity contribution in [2.24, 2.45) is 0 Å². The average Bonchev–Trinajstić information content (AvgIpc) is 2.86. The predicted octanol–water partition coefficient (Wildman–Crippen LogP) is 3.27. The van der Waals surface area contributed by atoms with Crippen LogP contribution >= 0.6 is 23.2 Å². The summed E-state index contributed by atoms with van der Waals surface area (Å²) in [5.41, 5.74) is -0.555. The van der Waals surface area contributed by atoms with E-state index >= 15 is 0 Å². The van der Waals surface area contributed by atoms with Gasteiger partial charge in [0.25, 0.3) is 5.91 Å². The third kappa shape index (κ3) is 3.52. The maximum absolute atomic E-state index is 12.9. The number of rotatable bonds is 4. The Balaban J connectivity index is 1.80. The van der Waals surface area contributed by atoms with Gasteiger partial charge in [-0.15, -0.1) is 0 Å². The minimum absolute atomic E-state index is 0.195. The Bertz CT molecular complexity index is 1030. The molecule has 0 aromatic heterocycles. The minimum atomic E-state index is -1.39. The monoisotopic (exact) mass is 416 g/mol. The third-order valence-electron chi connectivity index (χ3n) is 4.37. The number of nitriles is 1. The van der Waals surface area contributed by atoms with Crippen molar-refractivity contribution < 1.29 is 14.4 Å². The highest BCUT2D eigenvalue weighted by molar-refractivity contribution is 6.32. The van der Waals surface area contributed by atoms with Gasteiger partial charge in [-0.2, -0.15) is 5.26 Å². The molecule has 2 aromatic rings. The summed E-state index contributed by atoms with van der Waals surface area (Å²) in [5.74, 6) is -1.25. The van der Waals surface area contributed by atoms with Gasteiger partial charge in [-0.05, 0) is 31.2 Å². The number of carbonyl (C=O) groups is 3. The van der Waals surface area contributed by atoms with Gasteiger partial charge in [-0.3, -0.25) is 14.5 Å². The van der Waals surface area contributed by atoms with E-state index in [1.54, 1.807) is 24.3 Å². The van der Waals surface area contributed by atoms with Crippen LogP contribution in [-0.2, 0) is 15.1 Å². The zero-order valence-corrected chi connectivity index (χ0v) is 16.1. The Morgan fingerprint density at radius 3 is 2.64 bits per heavy atom. The van der Waals surface area contributed by atoms with Crippen LogP contribution in [0.5, 0.6) is 0 Å². The van der Waals surface area contributed by atoms with E-state index in [-0.39, 0.29) is 11.3 Å². The molecule has 4 amide bonds. The molecule has 0 unspecified atom stereocenters. The largest absolute Gasteiger partial charge is 0.325 e. The molecule has 2 N–H and O–H groups in total. The van der Waals surface area contributed by atoms with E-state index < -0.39 is 29.9 Å². The Kier molecular flexibility index (Phi) is 5.27. The van der Waals surface area contributed by atoms with Crippen molar-refractivity contribution >= 4 is 46.7 Å². The molecule has 142 valence electrons. The Morgan fingerprint density at radius 2 is 1.96 bits per heavy atom. The number of imide groups is 1. The maximum Gasteiger partial charge on any atom is 0.325 e. The van der Waals surface area contributed by atoms with E-state index in [9.17, 15) is 14.4 Å². The first-order chi connectivity index (χ1) is 13.3. The molecule has 7 nitrogen and oxygen atoms in total. The van der Waals surface area contributed by atoms with Crippen LogP contribution in [0.3, 0.4) is 0 Å². The predicted molar refractivity (Wildman–Crippen MR) is 104 cm³/mol. The molecular weight excluding hydrogens is 403 g/mol. The van der Waals surface area contributed by atoms with E-state index in [0.717, 1.165) is 4.90 Å². The molecule has 1 fully saturated rings. The molecule has 9 heteroatoms. The minimum Gasteiger partial charge on any atom is -0.323 e. The van der Waals surface area contributed by atoms with Gasteiger partial charge < -0.3 is 10.6 Å². The third-order valence-corrected chi connectivity index (χ3v) is 4.93. The Hall–Kier alpha value is -3.08. The van der Waals surface area contributed by atoms with Gasteiger partial charge in [-0.25, -0.2) is 4.79 Å². The smallest absolute Gasteiger partial charge is 0.323 e. The lowest BCUT2D eigenvalue weighted by Crippen LogP contribution is -2.42. The number of amides is 4. The first kappa shape index (κ1) is 19.7. The van der Waals surface area contributed by atoms with Crippen LogP contribution < -0.4 is 10.6 Å². The molecule has 0 spiro atoms. The van der Waals surface area contributed by atoms with Gasteiger partial charge in [0.15, 0.2) is 0 Å². The second-order valence-electron chi connectivity index (χ2n) is 6.28. The van der Waals surface area contributed by atoms with Gasteiger partial charge >= 0.3 is 6.03 Å². The number of nitrogens with zero attached hydrogens (tertiary/aromatic N) is 2. The van der Waals surface area contributed by atoms with Crippen molar-refractivity contribution in [3.05, 3.63) is 63.6 Å². The first-order valence-electron chi connectivity index (χ1n) is 8.15. The van der Waals surface area contributed by atoms with Gasteiger partial charge in [0.05, 0.1) is 11.3 Å². The van der Waals surface area contributed by atoms with Crippen molar-refractivity contribution in [2.45, 2.75) is 12.5 Å². The summed E-state index contributed by atoms with van der Waals surface area (Å²) >= 11 is 12.1. The summed E-state index contributed by atoms with van der Waals surface area (Å²) in [6.45, 7) is 0.999.